The van der Waals surface area contributed by atoms with E-state index in [0.717, 1.165) is 37.3 Å². The molecule has 0 saturated carbocycles. The summed E-state index contributed by atoms with van der Waals surface area (Å²) in [5.74, 6) is -0.00254. The summed E-state index contributed by atoms with van der Waals surface area (Å²) >= 11 is 0. The number of piperidine rings is 1. The number of carbonyl (C=O) groups excluding carboxylic acids is 1. The van der Waals surface area contributed by atoms with Crippen LogP contribution in [0.4, 0.5) is 15.8 Å². The van der Waals surface area contributed by atoms with Crippen molar-refractivity contribution in [3.05, 3.63) is 24.0 Å². The molecule has 0 aliphatic carbocycles. The third-order valence-electron chi connectivity index (χ3n) is 4.54. The van der Waals surface area contributed by atoms with E-state index in [1.165, 1.54) is 12.1 Å². The predicted octanol–water partition coefficient (Wildman–Crippen LogP) is 2.84. The molecule has 1 N–H and O–H groups in total. The molecule has 7 heteroatoms. The molecule has 2 aliphatic rings. The first kappa shape index (κ1) is 20.0. The van der Waals surface area contributed by atoms with Crippen LogP contribution in [0.15, 0.2) is 18.2 Å². The van der Waals surface area contributed by atoms with E-state index in [4.69, 9.17) is 0 Å². The molecule has 4 nitrogen and oxygen atoms in total. The van der Waals surface area contributed by atoms with E-state index in [0.29, 0.717) is 12.6 Å². The van der Waals surface area contributed by atoms with Gasteiger partial charge in [-0.3, -0.25) is 4.79 Å². The van der Waals surface area contributed by atoms with E-state index in [1.54, 1.807) is 6.07 Å². The fraction of sp³-hybridized carbons (Fsp3) is 0.562. The minimum absolute atomic E-state index is 0. The van der Waals surface area contributed by atoms with Crippen LogP contribution in [-0.2, 0) is 4.79 Å². The highest BCUT2D eigenvalue weighted by Crippen LogP contribution is 2.34. The number of rotatable bonds is 1. The van der Waals surface area contributed by atoms with Gasteiger partial charge in [-0.25, -0.2) is 4.39 Å². The smallest absolute Gasteiger partial charge is 0.230 e. The second-order valence-electron chi connectivity index (χ2n) is 6.12. The molecule has 130 valence electrons. The van der Waals surface area contributed by atoms with Gasteiger partial charge in [0.25, 0.3) is 0 Å². The van der Waals surface area contributed by atoms with E-state index in [9.17, 15) is 9.18 Å². The Bertz CT molecular complexity index is 558. The number of carbonyl (C=O) groups is 1. The van der Waals surface area contributed by atoms with Gasteiger partial charge in [-0.2, -0.15) is 0 Å². The third-order valence-corrected chi connectivity index (χ3v) is 4.54. The molecule has 2 atom stereocenters. The molecular formula is C16H24Cl2FN3O. The lowest BCUT2D eigenvalue weighted by molar-refractivity contribution is -0.123. The van der Waals surface area contributed by atoms with Crippen molar-refractivity contribution in [3.63, 3.8) is 0 Å². The van der Waals surface area contributed by atoms with Crippen molar-refractivity contribution in [2.24, 2.45) is 5.92 Å². The minimum atomic E-state index is -0.259. The molecule has 0 bridgehead atoms. The quantitative estimate of drug-likeness (QED) is 0.833. The van der Waals surface area contributed by atoms with Gasteiger partial charge < -0.3 is 15.1 Å². The number of likely N-dealkylation sites (N-methyl/N-ethyl adjacent to an activating group) is 1. The van der Waals surface area contributed by atoms with Gasteiger partial charge in [-0.05, 0) is 44.5 Å². The average Bonchev–Trinajstić information content (AvgIpc) is 2.47. The third kappa shape index (κ3) is 4.08. The Morgan fingerprint density at radius 2 is 2.00 bits per heavy atom. The first-order chi connectivity index (χ1) is 10.1. The monoisotopic (exact) mass is 363 g/mol. The average molecular weight is 364 g/mol. The first-order valence-corrected chi connectivity index (χ1v) is 7.61. The minimum Gasteiger partial charge on any atom is -0.371 e. The predicted molar refractivity (Wildman–Crippen MR) is 96.7 cm³/mol. The van der Waals surface area contributed by atoms with E-state index < -0.39 is 0 Å². The van der Waals surface area contributed by atoms with Crippen molar-refractivity contribution < 1.29 is 9.18 Å². The number of hydrogen-bond acceptors (Lipinski definition) is 3. The molecule has 1 saturated heterocycles. The SMILES string of the molecule is C[C@H]1C[C@@H](C(=O)N2CCN(C)c3cc(F)ccc32)CCN1.Cl.Cl. The largest absolute Gasteiger partial charge is 0.371 e. The molecule has 0 radical (unpaired) electrons. The Morgan fingerprint density at radius 3 is 2.70 bits per heavy atom. The first-order valence-electron chi connectivity index (χ1n) is 7.61. The molecule has 0 spiro atoms. The van der Waals surface area contributed by atoms with E-state index >= 15 is 0 Å². The fourth-order valence-electron chi connectivity index (χ4n) is 3.33. The van der Waals surface area contributed by atoms with E-state index in [1.807, 2.05) is 16.8 Å². The van der Waals surface area contributed by atoms with Gasteiger partial charge in [0.05, 0.1) is 11.4 Å². The van der Waals surface area contributed by atoms with Gasteiger partial charge in [0.2, 0.25) is 5.91 Å². The van der Waals surface area contributed by atoms with Crippen LogP contribution in [0, 0.1) is 11.7 Å². The van der Waals surface area contributed by atoms with Crippen LogP contribution in [0.5, 0.6) is 0 Å². The van der Waals surface area contributed by atoms with Crippen molar-refractivity contribution in [1.82, 2.24) is 5.32 Å². The summed E-state index contributed by atoms with van der Waals surface area (Å²) in [7, 11) is 1.94. The molecule has 2 heterocycles. The van der Waals surface area contributed by atoms with Gasteiger partial charge in [-0.1, -0.05) is 0 Å². The van der Waals surface area contributed by atoms with Crippen LogP contribution in [0.1, 0.15) is 19.8 Å². The van der Waals surface area contributed by atoms with Crippen LogP contribution in [0.3, 0.4) is 0 Å². The van der Waals surface area contributed by atoms with Crippen LogP contribution < -0.4 is 15.1 Å². The summed E-state index contributed by atoms with van der Waals surface area (Å²) in [4.78, 5) is 16.7. The summed E-state index contributed by atoms with van der Waals surface area (Å²) in [6, 6.07) is 5.05. The van der Waals surface area contributed by atoms with Gasteiger partial charge in [0, 0.05) is 32.1 Å². The lowest BCUT2D eigenvalue weighted by atomic mass is 9.91. The second kappa shape index (κ2) is 8.18. The standard InChI is InChI=1S/C16H22FN3O.2ClH/c1-11-9-12(5-6-18-11)16(21)20-8-7-19(2)15-10-13(17)3-4-14(15)20;;/h3-4,10-12,18H,5-9H2,1-2H3;2*1H/t11-,12-;;/m0../s1. The molecule has 0 aromatic heterocycles. The molecule has 1 aromatic rings. The highest BCUT2D eigenvalue weighted by atomic mass is 35.5. The van der Waals surface area contributed by atoms with Gasteiger partial charge >= 0.3 is 0 Å². The van der Waals surface area contributed by atoms with Crippen molar-refractivity contribution >= 4 is 42.1 Å². The van der Waals surface area contributed by atoms with E-state index in [2.05, 4.69) is 12.2 Å². The van der Waals surface area contributed by atoms with Gasteiger partial charge in [-0.15, -0.1) is 24.8 Å². The molecule has 3 rings (SSSR count). The summed E-state index contributed by atoms with van der Waals surface area (Å²) in [6.45, 7) is 4.42. The molecule has 2 aliphatic heterocycles. The zero-order valence-corrected chi connectivity index (χ0v) is 15.1. The van der Waals surface area contributed by atoms with Crippen LogP contribution >= 0.6 is 24.8 Å². The highest BCUT2D eigenvalue weighted by molar-refractivity contribution is 5.99. The van der Waals surface area contributed by atoms with Crippen LogP contribution in [-0.4, -0.2) is 38.6 Å². The number of nitrogens with zero attached hydrogens (tertiary/aromatic N) is 2. The van der Waals surface area contributed by atoms with Crippen molar-refractivity contribution in [2.45, 2.75) is 25.8 Å². The maximum Gasteiger partial charge on any atom is 0.230 e. The molecule has 1 aromatic carbocycles. The summed E-state index contributed by atoms with van der Waals surface area (Å²) in [5.41, 5.74) is 1.64. The molecule has 1 amide bonds. The summed E-state index contributed by atoms with van der Waals surface area (Å²) < 4.78 is 13.5. The maximum atomic E-state index is 13.5. The Hall–Kier alpha value is -1.04. The zero-order valence-electron chi connectivity index (χ0n) is 13.4. The molecule has 23 heavy (non-hydrogen) atoms. The molecule has 0 unspecified atom stereocenters. The highest BCUT2D eigenvalue weighted by Gasteiger charge is 2.32. The number of halogens is 3. The van der Waals surface area contributed by atoms with Crippen LogP contribution in [0.25, 0.3) is 0 Å². The maximum absolute atomic E-state index is 13.5. The Balaban J connectivity index is 0.00000132. The van der Waals surface area contributed by atoms with Crippen molar-refractivity contribution in [1.29, 1.82) is 0 Å². The number of fused-ring (bicyclic) bond motifs is 1. The molecule has 1 fully saturated rings. The normalized spacial score (nSPS) is 23.4. The summed E-state index contributed by atoms with van der Waals surface area (Å²) in [6.07, 6.45) is 1.76. The zero-order chi connectivity index (χ0) is 15.0. The molecular weight excluding hydrogens is 340 g/mol. The van der Waals surface area contributed by atoms with E-state index in [-0.39, 0.29) is 42.5 Å². The van der Waals surface area contributed by atoms with Gasteiger partial charge in [0.1, 0.15) is 5.82 Å². The number of benzene rings is 1. The number of nitrogens with one attached hydrogen (secondary N) is 1. The lowest BCUT2D eigenvalue weighted by Crippen LogP contribution is -2.48. The Morgan fingerprint density at radius 1 is 1.26 bits per heavy atom. The Kier molecular flexibility index (Phi) is 7.11. The second-order valence-corrected chi connectivity index (χ2v) is 6.12. The fourth-order valence-corrected chi connectivity index (χ4v) is 3.33. The number of hydrogen-bond donors (Lipinski definition) is 1. The topological polar surface area (TPSA) is 35.6 Å². The van der Waals surface area contributed by atoms with Crippen molar-refractivity contribution in [3.8, 4) is 0 Å². The number of anilines is 2. The van der Waals surface area contributed by atoms with Gasteiger partial charge in [0.15, 0.2) is 0 Å². The van der Waals surface area contributed by atoms with Crippen LogP contribution in [0.2, 0.25) is 0 Å². The van der Waals surface area contributed by atoms with Crippen molar-refractivity contribution in [2.75, 3.05) is 36.5 Å². The lowest BCUT2D eigenvalue weighted by Gasteiger charge is -2.38. The Labute approximate surface area is 149 Å². The summed E-state index contributed by atoms with van der Waals surface area (Å²) in [5, 5.41) is 3.37. The number of amides is 1.